The maximum Gasteiger partial charge on any atom is 0.177 e. The topological polar surface area (TPSA) is 40.5 Å². The molecule has 108 valence electrons. The zero-order chi connectivity index (χ0) is 16.1. The van der Waals surface area contributed by atoms with Crippen molar-refractivity contribution in [2.45, 2.75) is 25.0 Å². The molecule has 22 heavy (non-hydrogen) atoms. The molecule has 2 heteroatoms. The summed E-state index contributed by atoms with van der Waals surface area (Å²) in [7, 11) is 0. The van der Waals surface area contributed by atoms with Crippen molar-refractivity contribution in [3.63, 3.8) is 0 Å². The van der Waals surface area contributed by atoms with Crippen LogP contribution in [0.3, 0.4) is 0 Å². The highest BCUT2D eigenvalue weighted by Crippen LogP contribution is 2.47. The largest absolute Gasteiger partial charge is 0.369 e. The number of terminal acetylenes is 2. The van der Waals surface area contributed by atoms with E-state index in [0.29, 0.717) is 22.3 Å². The molecular weight excluding hydrogens is 272 g/mol. The van der Waals surface area contributed by atoms with Gasteiger partial charge in [0.1, 0.15) is 0 Å². The standard InChI is InChI=1S/C20H16O2/c1-5-19(21)15-9-7-8-10-16(15)20(22,6-2)18-12-14(4)13(3)11-17(18)19/h1-2,7-12,21-22H,3-4H3/t19-,20-/m1/s1. The van der Waals surface area contributed by atoms with Gasteiger partial charge in [0, 0.05) is 22.3 Å². The fraction of sp³-hybridized carbons (Fsp3) is 0.200. The van der Waals surface area contributed by atoms with E-state index in [4.69, 9.17) is 12.8 Å². The Kier molecular flexibility index (Phi) is 2.94. The van der Waals surface area contributed by atoms with Gasteiger partial charge < -0.3 is 10.2 Å². The molecule has 0 spiro atoms. The van der Waals surface area contributed by atoms with Crippen LogP contribution in [0.1, 0.15) is 33.4 Å². The zero-order valence-corrected chi connectivity index (χ0v) is 12.5. The summed E-state index contributed by atoms with van der Waals surface area (Å²) in [6, 6.07) is 10.6. The van der Waals surface area contributed by atoms with E-state index in [0.717, 1.165) is 11.1 Å². The van der Waals surface area contributed by atoms with Crippen LogP contribution in [-0.4, -0.2) is 10.2 Å². The van der Waals surface area contributed by atoms with E-state index in [9.17, 15) is 10.2 Å². The summed E-state index contributed by atoms with van der Waals surface area (Å²) < 4.78 is 0. The van der Waals surface area contributed by atoms with Gasteiger partial charge in [0.15, 0.2) is 11.2 Å². The van der Waals surface area contributed by atoms with Gasteiger partial charge in [-0.05, 0) is 25.0 Å². The molecule has 0 radical (unpaired) electrons. The summed E-state index contributed by atoms with van der Waals surface area (Å²) in [5, 5.41) is 22.2. The number of aryl methyl sites for hydroxylation is 2. The predicted octanol–water partition coefficient (Wildman–Crippen LogP) is 2.36. The molecule has 0 saturated carbocycles. The lowest BCUT2D eigenvalue weighted by atomic mass is 9.67. The summed E-state index contributed by atoms with van der Waals surface area (Å²) in [4.78, 5) is 0. The first-order valence-corrected chi connectivity index (χ1v) is 7.01. The van der Waals surface area contributed by atoms with E-state index in [1.54, 1.807) is 24.3 Å². The summed E-state index contributed by atoms with van der Waals surface area (Å²) in [6.07, 6.45) is 11.3. The molecule has 0 aromatic heterocycles. The summed E-state index contributed by atoms with van der Waals surface area (Å²) in [5.41, 5.74) is 0.593. The molecular formula is C20H16O2. The molecule has 1 aliphatic carbocycles. The van der Waals surface area contributed by atoms with Crippen molar-refractivity contribution in [1.29, 1.82) is 0 Å². The number of aliphatic hydroxyl groups is 2. The van der Waals surface area contributed by atoms with Gasteiger partial charge in [-0.3, -0.25) is 0 Å². The van der Waals surface area contributed by atoms with Crippen LogP contribution in [-0.2, 0) is 11.2 Å². The van der Waals surface area contributed by atoms with Crippen LogP contribution in [0, 0.1) is 38.5 Å². The SMILES string of the molecule is C#C[C@@]1(O)c2ccccc2[C@](O)(C#C)c2cc(C)c(C)cc21. The zero-order valence-electron chi connectivity index (χ0n) is 12.5. The van der Waals surface area contributed by atoms with Crippen LogP contribution in [0.15, 0.2) is 36.4 Å². The van der Waals surface area contributed by atoms with Gasteiger partial charge in [0.25, 0.3) is 0 Å². The minimum atomic E-state index is -1.60. The lowest BCUT2D eigenvalue weighted by Crippen LogP contribution is -2.41. The smallest absolute Gasteiger partial charge is 0.177 e. The highest BCUT2D eigenvalue weighted by Gasteiger charge is 2.48. The third-order valence-corrected chi connectivity index (χ3v) is 4.54. The predicted molar refractivity (Wildman–Crippen MR) is 86.0 cm³/mol. The van der Waals surface area contributed by atoms with Crippen molar-refractivity contribution in [3.8, 4) is 24.7 Å². The molecule has 3 rings (SSSR count). The van der Waals surface area contributed by atoms with Crippen LogP contribution in [0.5, 0.6) is 0 Å². The molecule has 1 aliphatic rings. The third-order valence-electron chi connectivity index (χ3n) is 4.54. The molecule has 2 nitrogen and oxygen atoms in total. The average Bonchev–Trinajstić information content (AvgIpc) is 2.54. The third kappa shape index (κ3) is 1.60. The summed E-state index contributed by atoms with van der Waals surface area (Å²) in [5.74, 6) is 4.95. The van der Waals surface area contributed by atoms with Crippen molar-refractivity contribution in [3.05, 3.63) is 69.8 Å². The van der Waals surface area contributed by atoms with Crippen molar-refractivity contribution >= 4 is 0 Å². The Balaban J connectivity index is 2.51. The van der Waals surface area contributed by atoms with E-state index in [1.807, 2.05) is 26.0 Å². The molecule has 0 aliphatic heterocycles. The van der Waals surface area contributed by atoms with Crippen molar-refractivity contribution in [2.24, 2.45) is 0 Å². The Hall–Kier alpha value is -2.52. The second-order valence-corrected chi connectivity index (χ2v) is 5.74. The molecule has 0 bridgehead atoms. The van der Waals surface area contributed by atoms with Gasteiger partial charge in [-0.15, -0.1) is 12.8 Å². The lowest BCUT2D eigenvalue weighted by Gasteiger charge is -2.40. The first-order chi connectivity index (χ1) is 10.4. The molecule has 2 N–H and O–H groups in total. The molecule has 0 unspecified atom stereocenters. The molecule has 2 aromatic carbocycles. The van der Waals surface area contributed by atoms with Crippen LogP contribution in [0.25, 0.3) is 0 Å². The van der Waals surface area contributed by atoms with Gasteiger partial charge in [0.2, 0.25) is 0 Å². The Morgan fingerprint density at radius 1 is 0.773 bits per heavy atom. The first-order valence-electron chi connectivity index (χ1n) is 7.01. The molecule has 2 aromatic rings. The Bertz CT molecular complexity index is 794. The van der Waals surface area contributed by atoms with Crippen LogP contribution in [0.2, 0.25) is 0 Å². The van der Waals surface area contributed by atoms with E-state index in [1.165, 1.54) is 0 Å². The highest BCUT2D eigenvalue weighted by atomic mass is 16.3. The van der Waals surface area contributed by atoms with Gasteiger partial charge in [-0.1, -0.05) is 48.2 Å². The molecule has 0 amide bonds. The van der Waals surface area contributed by atoms with E-state index >= 15 is 0 Å². The number of fused-ring (bicyclic) bond motifs is 2. The van der Waals surface area contributed by atoms with Crippen molar-refractivity contribution in [2.75, 3.05) is 0 Å². The first kappa shape index (κ1) is 14.4. The number of benzene rings is 2. The van der Waals surface area contributed by atoms with Crippen LogP contribution >= 0.6 is 0 Å². The number of rotatable bonds is 0. The maximum atomic E-state index is 11.1. The normalized spacial score (nSPS) is 25.5. The fourth-order valence-electron chi connectivity index (χ4n) is 3.13. The maximum absolute atomic E-state index is 11.1. The van der Waals surface area contributed by atoms with Gasteiger partial charge >= 0.3 is 0 Å². The van der Waals surface area contributed by atoms with Crippen molar-refractivity contribution < 1.29 is 10.2 Å². The van der Waals surface area contributed by atoms with E-state index < -0.39 is 11.2 Å². The molecule has 0 fully saturated rings. The Labute approximate surface area is 130 Å². The summed E-state index contributed by atoms with van der Waals surface area (Å²) >= 11 is 0. The Morgan fingerprint density at radius 2 is 1.14 bits per heavy atom. The quantitative estimate of drug-likeness (QED) is 0.731. The van der Waals surface area contributed by atoms with E-state index in [-0.39, 0.29) is 0 Å². The minimum Gasteiger partial charge on any atom is -0.369 e. The highest BCUT2D eigenvalue weighted by molar-refractivity contribution is 5.64. The van der Waals surface area contributed by atoms with Gasteiger partial charge in [-0.25, -0.2) is 0 Å². The van der Waals surface area contributed by atoms with Gasteiger partial charge in [0.05, 0.1) is 0 Å². The van der Waals surface area contributed by atoms with Crippen LogP contribution in [0.4, 0.5) is 0 Å². The molecule has 0 saturated heterocycles. The second kappa shape index (κ2) is 4.49. The van der Waals surface area contributed by atoms with Crippen molar-refractivity contribution in [1.82, 2.24) is 0 Å². The number of hydrogen-bond donors (Lipinski definition) is 2. The molecule has 2 atom stereocenters. The van der Waals surface area contributed by atoms with Gasteiger partial charge in [-0.2, -0.15) is 0 Å². The second-order valence-electron chi connectivity index (χ2n) is 5.74. The van der Waals surface area contributed by atoms with Crippen LogP contribution < -0.4 is 0 Å². The lowest BCUT2D eigenvalue weighted by molar-refractivity contribution is 0.0945. The Morgan fingerprint density at radius 3 is 1.45 bits per heavy atom. The molecule has 0 heterocycles. The fourth-order valence-corrected chi connectivity index (χ4v) is 3.13. The summed E-state index contributed by atoms with van der Waals surface area (Å²) in [6.45, 7) is 3.87. The van der Waals surface area contributed by atoms with E-state index in [2.05, 4.69) is 11.8 Å². The average molecular weight is 288 g/mol. The minimum absolute atomic E-state index is 0.453. The monoisotopic (exact) mass is 288 g/mol. The number of hydrogen-bond acceptors (Lipinski definition) is 2.